The van der Waals surface area contributed by atoms with Crippen LogP contribution in [0.1, 0.15) is 39.5 Å². The normalized spacial score (nSPS) is 41.9. The van der Waals surface area contributed by atoms with Gasteiger partial charge in [-0.15, -0.1) is 0 Å². The first-order valence-corrected chi connectivity index (χ1v) is 7.09. The van der Waals surface area contributed by atoms with Crippen LogP contribution in [0.5, 0.6) is 0 Å². The Morgan fingerprint density at radius 1 is 1.33 bits per heavy atom. The lowest BCUT2D eigenvalue weighted by Gasteiger charge is -2.48. The van der Waals surface area contributed by atoms with Gasteiger partial charge in [0.15, 0.2) is 5.78 Å². The smallest absolute Gasteiger partial charge is 0.159 e. The highest BCUT2D eigenvalue weighted by Crippen LogP contribution is 2.52. The van der Waals surface area contributed by atoms with E-state index in [2.05, 4.69) is 26.0 Å². The second kappa shape index (κ2) is 4.06. The maximum Gasteiger partial charge on any atom is 0.159 e. The molecule has 3 rings (SSSR count). The van der Waals surface area contributed by atoms with E-state index in [1.807, 2.05) is 6.08 Å². The molecule has 0 amide bonds. The number of allylic oxidation sites excluding steroid dienone is 3. The molecule has 0 aliphatic heterocycles. The molecule has 0 saturated heterocycles. The summed E-state index contributed by atoms with van der Waals surface area (Å²) in [7, 11) is 0. The molecule has 0 radical (unpaired) electrons. The zero-order chi connectivity index (χ0) is 12.9. The molecular formula is C16H22O2. The van der Waals surface area contributed by atoms with Gasteiger partial charge in [0, 0.05) is 6.42 Å². The summed E-state index contributed by atoms with van der Waals surface area (Å²) < 4.78 is 0. The van der Waals surface area contributed by atoms with Crippen LogP contribution in [0.3, 0.4) is 0 Å². The molecule has 1 saturated carbocycles. The molecule has 2 nitrogen and oxygen atoms in total. The Morgan fingerprint density at radius 2 is 2.11 bits per heavy atom. The molecule has 18 heavy (non-hydrogen) atoms. The Balaban J connectivity index is 1.99. The monoisotopic (exact) mass is 246 g/mol. The molecule has 0 aromatic carbocycles. The SMILES string of the molecule is CC1(C)CC=C[C@@H]2[C@@H]3CC[C@@H](O)C=C3C(=O)C[C@@H]21. The van der Waals surface area contributed by atoms with Gasteiger partial charge in [0.2, 0.25) is 0 Å². The molecule has 1 fully saturated rings. The summed E-state index contributed by atoms with van der Waals surface area (Å²) in [4.78, 5) is 12.3. The van der Waals surface area contributed by atoms with Crippen LogP contribution in [-0.2, 0) is 4.79 Å². The van der Waals surface area contributed by atoms with E-state index in [1.165, 1.54) is 0 Å². The zero-order valence-electron chi connectivity index (χ0n) is 11.2. The van der Waals surface area contributed by atoms with E-state index in [0.29, 0.717) is 24.2 Å². The number of ketones is 1. The van der Waals surface area contributed by atoms with Gasteiger partial charge in [-0.3, -0.25) is 4.79 Å². The molecule has 0 aromatic heterocycles. The van der Waals surface area contributed by atoms with Crippen molar-refractivity contribution in [3.63, 3.8) is 0 Å². The lowest BCUT2D eigenvalue weighted by Crippen LogP contribution is -2.44. The molecule has 4 atom stereocenters. The van der Waals surface area contributed by atoms with E-state index >= 15 is 0 Å². The number of aliphatic hydroxyl groups excluding tert-OH is 1. The number of rotatable bonds is 0. The molecule has 0 bridgehead atoms. The predicted molar refractivity (Wildman–Crippen MR) is 71.0 cm³/mol. The number of aliphatic hydroxyl groups is 1. The van der Waals surface area contributed by atoms with E-state index in [0.717, 1.165) is 24.8 Å². The van der Waals surface area contributed by atoms with Crippen LogP contribution < -0.4 is 0 Å². The number of hydrogen-bond acceptors (Lipinski definition) is 2. The maximum absolute atomic E-state index is 12.3. The van der Waals surface area contributed by atoms with Crippen molar-refractivity contribution >= 4 is 5.78 Å². The van der Waals surface area contributed by atoms with Crippen LogP contribution in [0, 0.1) is 23.2 Å². The summed E-state index contributed by atoms with van der Waals surface area (Å²) in [5, 5.41) is 9.72. The molecule has 0 spiro atoms. The zero-order valence-corrected chi connectivity index (χ0v) is 11.2. The van der Waals surface area contributed by atoms with Crippen molar-refractivity contribution in [2.75, 3.05) is 0 Å². The first kappa shape index (κ1) is 12.2. The Kier molecular flexibility index (Phi) is 2.74. The first-order valence-electron chi connectivity index (χ1n) is 7.09. The van der Waals surface area contributed by atoms with E-state index in [1.54, 1.807) is 0 Å². The van der Waals surface area contributed by atoms with Crippen molar-refractivity contribution in [1.29, 1.82) is 0 Å². The van der Waals surface area contributed by atoms with Crippen molar-refractivity contribution in [2.24, 2.45) is 23.2 Å². The second-order valence-electron chi connectivity index (χ2n) is 6.81. The molecule has 1 N–H and O–H groups in total. The molecule has 0 aromatic rings. The highest BCUT2D eigenvalue weighted by atomic mass is 16.3. The average Bonchev–Trinajstić information content (AvgIpc) is 2.31. The first-order chi connectivity index (χ1) is 8.49. The number of carbonyl (C=O) groups excluding carboxylic acids is 1. The van der Waals surface area contributed by atoms with Crippen LogP contribution in [0.2, 0.25) is 0 Å². The average molecular weight is 246 g/mol. The lowest BCUT2D eigenvalue weighted by atomic mass is 9.55. The highest BCUT2D eigenvalue weighted by Gasteiger charge is 2.47. The number of fused-ring (bicyclic) bond motifs is 3. The fraction of sp³-hybridized carbons (Fsp3) is 0.688. The molecule has 2 heteroatoms. The van der Waals surface area contributed by atoms with Crippen molar-refractivity contribution in [1.82, 2.24) is 0 Å². The summed E-state index contributed by atoms with van der Waals surface area (Å²) >= 11 is 0. The maximum atomic E-state index is 12.3. The summed E-state index contributed by atoms with van der Waals surface area (Å²) in [6.07, 6.45) is 9.55. The predicted octanol–water partition coefficient (Wildman–Crippen LogP) is 2.88. The minimum absolute atomic E-state index is 0.233. The van der Waals surface area contributed by atoms with Crippen LogP contribution in [0.4, 0.5) is 0 Å². The molecular weight excluding hydrogens is 224 g/mol. The number of carbonyl (C=O) groups is 1. The fourth-order valence-corrected chi connectivity index (χ4v) is 4.10. The minimum atomic E-state index is -0.405. The molecule has 98 valence electrons. The van der Waals surface area contributed by atoms with E-state index < -0.39 is 6.10 Å². The van der Waals surface area contributed by atoms with Crippen molar-refractivity contribution in [3.8, 4) is 0 Å². The molecule has 0 heterocycles. The third-order valence-electron chi connectivity index (χ3n) is 5.21. The van der Waals surface area contributed by atoms with Gasteiger partial charge in [-0.1, -0.05) is 26.0 Å². The summed E-state index contributed by atoms with van der Waals surface area (Å²) in [5.41, 5.74) is 1.15. The highest BCUT2D eigenvalue weighted by molar-refractivity contribution is 5.97. The summed E-state index contributed by atoms with van der Waals surface area (Å²) in [6, 6.07) is 0. The van der Waals surface area contributed by atoms with E-state index in [-0.39, 0.29) is 11.2 Å². The van der Waals surface area contributed by atoms with Crippen molar-refractivity contribution < 1.29 is 9.90 Å². The van der Waals surface area contributed by atoms with Crippen molar-refractivity contribution in [2.45, 2.75) is 45.6 Å². The lowest BCUT2D eigenvalue weighted by molar-refractivity contribution is -0.121. The van der Waals surface area contributed by atoms with Crippen LogP contribution in [-0.4, -0.2) is 17.0 Å². The van der Waals surface area contributed by atoms with E-state index in [4.69, 9.17) is 0 Å². The second-order valence-corrected chi connectivity index (χ2v) is 6.81. The van der Waals surface area contributed by atoms with Crippen LogP contribution in [0.25, 0.3) is 0 Å². The topological polar surface area (TPSA) is 37.3 Å². The van der Waals surface area contributed by atoms with Crippen LogP contribution >= 0.6 is 0 Å². The van der Waals surface area contributed by atoms with Gasteiger partial charge in [-0.2, -0.15) is 0 Å². The van der Waals surface area contributed by atoms with Gasteiger partial charge in [-0.05, 0) is 54.1 Å². The molecule has 3 aliphatic rings. The minimum Gasteiger partial charge on any atom is -0.389 e. The number of hydrogen-bond donors (Lipinski definition) is 1. The van der Waals surface area contributed by atoms with Gasteiger partial charge < -0.3 is 5.11 Å². The Morgan fingerprint density at radius 3 is 2.89 bits per heavy atom. The fourth-order valence-electron chi connectivity index (χ4n) is 4.10. The summed E-state index contributed by atoms with van der Waals surface area (Å²) in [5.74, 6) is 1.62. The van der Waals surface area contributed by atoms with Gasteiger partial charge in [0.1, 0.15) is 0 Å². The van der Waals surface area contributed by atoms with Gasteiger partial charge in [0.05, 0.1) is 6.10 Å². The summed E-state index contributed by atoms with van der Waals surface area (Å²) in [6.45, 7) is 4.57. The third kappa shape index (κ3) is 1.78. The van der Waals surface area contributed by atoms with Gasteiger partial charge >= 0.3 is 0 Å². The van der Waals surface area contributed by atoms with Crippen LogP contribution in [0.15, 0.2) is 23.8 Å². The van der Waals surface area contributed by atoms with Gasteiger partial charge in [-0.25, -0.2) is 0 Å². The standard InChI is InChI=1S/C16H22O2/c1-16(2)7-3-4-12-11-6-5-10(17)8-13(11)15(18)9-14(12)16/h3-4,8,10-12,14,17H,5-7,9H2,1-2H3/t10-,11+,12-,14+/m1/s1. The quantitative estimate of drug-likeness (QED) is 0.667. The van der Waals surface area contributed by atoms with Crippen molar-refractivity contribution in [3.05, 3.63) is 23.8 Å². The van der Waals surface area contributed by atoms with Gasteiger partial charge in [0.25, 0.3) is 0 Å². The largest absolute Gasteiger partial charge is 0.389 e. The molecule has 3 aliphatic carbocycles. The number of Topliss-reactive ketones (excluding diaryl/α,β-unsaturated/α-hetero) is 1. The molecule has 0 unspecified atom stereocenters. The van der Waals surface area contributed by atoms with E-state index in [9.17, 15) is 9.90 Å². The Hall–Kier alpha value is -0.890. The Bertz CT molecular complexity index is 430. The third-order valence-corrected chi connectivity index (χ3v) is 5.21. The Labute approximate surface area is 109 Å².